The molecule has 2 aromatic carbocycles. The van der Waals surface area contributed by atoms with Crippen LogP contribution in [0.4, 0.5) is 14.5 Å². The van der Waals surface area contributed by atoms with Gasteiger partial charge < -0.3 is 10.4 Å². The van der Waals surface area contributed by atoms with E-state index in [0.717, 1.165) is 25.0 Å². The molecule has 2 aliphatic rings. The van der Waals surface area contributed by atoms with E-state index in [4.69, 9.17) is 11.6 Å². The van der Waals surface area contributed by atoms with Gasteiger partial charge in [0, 0.05) is 17.3 Å². The summed E-state index contributed by atoms with van der Waals surface area (Å²) in [5.74, 6) is -2.90. The minimum atomic E-state index is -3.82. The van der Waals surface area contributed by atoms with Crippen LogP contribution in [0.5, 0.6) is 0 Å². The molecule has 0 aromatic heterocycles. The molecule has 0 aliphatic heterocycles. The van der Waals surface area contributed by atoms with Crippen LogP contribution in [0, 0.1) is 23.5 Å². The van der Waals surface area contributed by atoms with Gasteiger partial charge in [-0.2, -0.15) is 0 Å². The Kier molecular flexibility index (Phi) is 5.59. The van der Waals surface area contributed by atoms with Crippen molar-refractivity contribution in [1.82, 2.24) is 0 Å². The summed E-state index contributed by atoms with van der Waals surface area (Å²) in [4.78, 5) is 12.4. The van der Waals surface area contributed by atoms with E-state index in [1.165, 1.54) is 24.3 Å². The summed E-state index contributed by atoms with van der Waals surface area (Å²) in [6, 6.07) is 6.83. The van der Waals surface area contributed by atoms with Crippen molar-refractivity contribution in [2.75, 3.05) is 5.32 Å². The molecule has 2 aromatic rings. The number of anilines is 1. The minimum Gasteiger partial charge on any atom is -0.393 e. The van der Waals surface area contributed by atoms with Crippen LogP contribution in [0.15, 0.2) is 41.3 Å². The lowest BCUT2D eigenvalue weighted by atomic mass is 9.86. The van der Waals surface area contributed by atoms with Crippen molar-refractivity contribution in [3.05, 3.63) is 58.6 Å². The first-order valence-electron chi connectivity index (χ1n) is 9.64. The maximum atomic E-state index is 13.4. The second-order valence-corrected chi connectivity index (χ2v) is 10.6. The Bertz CT molecular complexity index is 1090. The summed E-state index contributed by atoms with van der Waals surface area (Å²) in [6.45, 7) is 0. The molecule has 1 amide bonds. The van der Waals surface area contributed by atoms with Crippen molar-refractivity contribution in [2.45, 2.75) is 41.9 Å². The molecule has 9 heteroatoms. The second kappa shape index (κ2) is 7.90. The lowest BCUT2D eigenvalue weighted by molar-refractivity contribution is 0.0618. The third-order valence-corrected chi connectivity index (χ3v) is 8.78. The molecule has 160 valence electrons. The lowest BCUT2D eigenvalue weighted by Gasteiger charge is -2.32. The first kappa shape index (κ1) is 21.2. The first-order valence-corrected chi connectivity index (χ1v) is 11.6. The molecule has 5 nitrogen and oxygen atoms in total. The van der Waals surface area contributed by atoms with Gasteiger partial charge in [-0.1, -0.05) is 11.6 Å². The zero-order chi connectivity index (χ0) is 21.6. The molecule has 30 heavy (non-hydrogen) atoms. The fraction of sp³-hybridized carbons (Fsp3) is 0.381. The standard InChI is InChI=1S/C21H20ClF2NO4S/c22-16-5-3-13(21(27)25-14-4-6-17(23)18(24)10-14)9-19(16)30(28,29)15-7-11-1-2-12(8-15)20(11)26/h3-6,9-12,15,20,26H,1-2,7-8H2,(H,25,27)/t11-,12?,15?,20?/m0/s1. The molecule has 2 bridgehead atoms. The summed E-state index contributed by atoms with van der Waals surface area (Å²) in [7, 11) is -3.82. The van der Waals surface area contributed by atoms with Crippen LogP contribution in [0.2, 0.25) is 5.02 Å². The zero-order valence-electron chi connectivity index (χ0n) is 15.8. The summed E-state index contributed by atoms with van der Waals surface area (Å²) in [6.07, 6.45) is 1.88. The topological polar surface area (TPSA) is 83.5 Å². The van der Waals surface area contributed by atoms with E-state index in [0.29, 0.717) is 12.8 Å². The molecule has 4 atom stereocenters. The molecule has 2 aliphatic carbocycles. The van der Waals surface area contributed by atoms with Crippen molar-refractivity contribution < 1.29 is 27.1 Å². The molecule has 2 saturated carbocycles. The Balaban J connectivity index is 1.59. The van der Waals surface area contributed by atoms with E-state index in [9.17, 15) is 27.1 Å². The fourth-order valence-corrected chi connectivity index (χ4v) is 6.94. The molecular weight excluding hydrogens is 436 g/mol. The number of rotatable bonds is 4. The van der Waals surface area contributed by atoms with E-state index < -0.39 is 38.7 Å². The van der Waals surface area contributed by atoms with Gasteiger partial charge in [0.1, 0.15) is 0 Å². The highest BCUT2D eigenvalue weighted by atomic mass is 35.5. The largest absolute Gasteiger partial charge is 0.393 e. The highest BCUT2D eigenvalue weighted by molar-refractivity contribution is 7.92. The van der Waals surface area contributed by atoms with Crippen LogP contribution in [0.1, 0.15) is 36.0 Å². The van der Waals surface area contributed by atoms with Crippen LogP contribution in [0.3, 0.4) is 0 Å². The van der Waals surface area contributed by atoms with Gasteiger partial charge in [0.05, 0.1) is 21.3 Å². The number of carbonyl (C=O) groups is 1. The fourth-order valence-electron chi connectivity index (χ4n) is 4.51. The van der Waals surface area contributed by atoms with Gasteiger partial charge in [0.2, 0.25) is 0 Å². The van der Waals surface area contributed by atoms with Gasteiger partial charge in [0.25, 0.3) is 5.91 Å². The number of aliphatic hydroxyl groups excluding tert-OH is 1. The van der Waals surface area contributed by atoms with Crippen molar-refractivity contribution in [3.63, 3.8) is 0 Å². The average Bonchev–Trinajstić information content (AvgIpc) is 2.91. The number of sulfone groups is 1. The maximum Gasteiger partial charge on any atom is 0.255 e. The third-order valence-electron chi connectivity index (χ3n) is 6.12. The number of nitrogens with one attached hydrogen (secondary N) is 1. The number of halogens is 3. The number of aliphatic hydroxyl groups is 1. The van der Waals surface area contributed by atoms with Gasteiger partial charge in [-0.3, -0.25) is 4.79 Å². The number of benzene rings is 2. The molecule has 3 unspecified atom stereocenters. The van der Waals surface area contributed by atoms with E-state index in [1.54, 1.807) is 0 Å². The quantitative estimate of drug-likeness (QED) is 0.724. The van der Waals surface area contributed by atoms with Gasteiger partial charge in [-0.05, 0) is 67.9 Å². The Morgan fingerprint density at radius 1 is 1.03 bits per heavy atom. The summed E-state index contributed by atoms with van der Waals surface area (Å²) < 4.78 is 52.9. The number of carbonyl (C=O) groups excluding carboxylic acids is 1. The van der Waals surface area contributed by atoms with Crippen LogP contribution in [-0.2, 0) is 9.84 Å². The summed E-state index contributed by atoms with van der Waals surface area (Å²) in [5, 5.41) is 11.9. The molecule has 2 fully saturated rings. The van der Waals surface area contributed by atoms with E-state index >= 15 is 0 Å². The Hall–Kier alpha value is -2.03. The highest BCUT2D eigenvalue weighted by Gasteiger charge is 2.46. The molecular formula is C21H20ClF2NO4S. The minimum absolute atomic E-state index is 0.0119. The van der Waals surface area contributed by atoms with Crippen LogP contribution in [0.25, 0.3) is 0 Å². The van der Waals surface area contributed by atoms with Gasteiger partial charge in [0.15, 0.2) is 21.5 Å². The maximum absolute atomic E-state index is 13.4. The monoisotopic (exact) mass is 455 g/mol. The Morgan fingerprint density at radius 2 is 1.70 bits per heavy atom. The number of fused-ring (bicyclic) bond motifs is 2. The molecule has 0 heterocycles. The number of hydrogen-bond acceptors (Lipinski definition) is 4. The lowest BCUT2D eigenvalue weighted by Crippen LogP contribution is -2.37. The van der Waals surface area contributed by atoms with Crippen LogP contribution in [-0.4, -0.2) is 30.8 Å². The predicted molar refractivity (Wildman–Crippen MR) is 108 cm³/mol. The third kappa shape index (κ3) is 3.84. The highest BCUT2D eigenvalue weighted by Crippen LogP contribution is 2.46. The van der Waals surface area contributed by atoms with Crippen molar-refractivity contribution in [2.24, 2.45) is 11.8 Å². The molecule has 2 N–H and O–H groups in total. The second-order valence-electron chi connectivity index (χ2n) is 7.95. The summed E-state index contributed by atoms with van der Waals surface area (Å²) in [5.41, 5.74) is 0.0672. The Morgan fingerprint density at radius 3 is 2.33 bits per heavy atom. The van der Waals surface area contributed by atoms with Crippen LogP contribution < -0.4 is 5.32 Å². The molecule has 0 radical (unpaired) electrons. The molecule has 0 saturated heterocycles. The number of amides is 1. The predicted octanol–water partition coefficient (Wildman–Crippen LogP) is 4.19. The Labute approximate surface area is 178 Å². The van der Waals surface area contributed by atoms with Crippen molar-refractivity contribution in [3.8, 4) is 0 Å². The number of hydrogen-bond donors (Lipinski definition) is 2. The normalized spacial score (nSPS) is 25.9. The smallest absolute Gasteiger partial charge is 0.255 e. The molecule has 4 rings (SSSR count). The van der Waals surface area contributed by atoms with Gasteiger partial charge >= 0.3 is 0 Å². The average molecular weight is 456 g/mol. The van der Waals surface area contributed by atoms with Gasteiger partial charge in [-0.15, -0.1) is 0 Å². The van der Waals surface area contributed by atoms with E-state index in [1.807, 2.05) is 0 Å². The molecule has 0 spiro atoms. The van der Waals surface area contributed by atoms with Crippen LogP contribution >= 0.6 is 11.6 Å². The van der Waals surface area contributed by atoms with Crippen molar-refractivity contribution in [1.29, 1.82) is 0 Å². The van der Waals surface area contributed by atoms with E-state index in [-0.39, 0.29) is 33.0 Å². The van der Waals surface area contributed by atoms with Gasteiger partial charge in [-0.25, -0.2) is 17.2 Å². The summed E-state index contributed by atoms with van der Waals surface area (Å²) >= 11 is 6.17. The van der Waals surface area contributed by atoms with Crippen molar-refractivity contribution >= 4 is 33.0 Å². The zero-order valence-corrected chi connectivity index (χ0v) is 17.4. The SMILES string of the molecule is O=C(Nc1ccc(F)c(F)c1)c1ccc(Cl)c(S(=O)(=O)C2CC3CC[C@@H](C2)C3O)c1. The first-order chi connectivity index (χ1) is 14.2. The van der Waals surface area contributed by atoms with E-state index in [2.05, 4.69) is 5.32 Å².